The summed E-state index contributed by atoms with van der Waals surface area (Å²) < 4.78 is 6.61. The molecule has 0 amide bonds. The van der Waals surface area contributed by atoms with E-state index in [4.69, 9.17) is 4.43 Å². The molecule has 0 bridgehead atoms. The Morgan fingerprint density at radius 2 is 1.65 bits per heavy atom. The molecular formula is C32H56OSi. The van der Waals surface area contributed by atoms with Gasteiger partial charge in [-0.25, -0.2) is 0 Å². The van der Waals surface area contributed by atoms with Gasteiger partial charge in [0.25, 0.3) is 0 Å². The van der Waals surface area contributed by atoms with Crippen LogP contribution in [0, 0.1) is 52.3 Å². The Kier molecular flexibility index (Phi) is 7.73. The van der Waals surface area contributed by atoms with Gasteiger partial charge >= 0.3 is 0 Å². The third-order valence-electron chi connectivity index (χ3n) is 11.2. The lowest BCUT2D eigenvalue weighted by Crippen LogP contribution is -2.50. The number of rotatable bonds is 7. The van der Waals surface area contributed by atoms with Gasteiger partial charge in [-0.05, 0) is 130 Å². The molecule has 0 aromatic carbocycles. The topological polar surface area (TPSA) is 9.23 Å². The third-order valence-corrected chi connectivity index (χ3v) is 12.3. The van der Waals surface area contributed by atoms with Crippen LogP contribution in [0.3, 0.4) is 0 Å². The van der Waals surface area contributed by atoms with Crippen molar-refractivity contribution in [2.45, 2.75) is 125 Å². The van der Waals surface area contributed by atoms with Gasteiger partial charge in [0.15, 0.2) is 8.32 Å². The van der Waals surface area contributed by atoms with Crippen LogP contribution < -0.4 is 0 Å². The number of hydrogen-bond acceptors (Lipinski definition) is 1. The molecule has 2 unspecified atom stereocenters. The van der Waals surface area contributed by atoms with Crippen LogP contribution in [0.5, 0.6) is 0 Å². The van der Waals surface area contributed by atoms with Crippen molar-refractivity contribution in [1.29, 1.82) is 0 Å². The second-order valence-corrected chi connectivity index (χ2v) is 19.1. The molecule has 0 radical (unpaired) electrons. The highest BCUT2D eigenvalue weighted by atomic mass is 28.4. The Labute approximate surface area is 213 Å². The van der Waals surface area contributed by atoms with Crippen LogP contribution in [0.15, 0.2) is 23.8 Å². The van der Waals surface area contributed by atoms with E-state index in [1.807, 2.05) is 5.57 Å². The Balaban J connectivity index is 1.49. The van der Waals surface area contributed by atoms with Gasteiger partial charge in [0, 0.05) is 6.10 Å². The molecule has 0 spiro atoms. The molecule has 3 saturated carbocycles. The molecule has 4 rings (SSSR count). The molecule has 0 N–H and O–H groups in total. The minimum Gasteiger partial charge on any atom is -0.415 e. The van der Waals surface area contributed by atoms with Crippen LogP contribution in [0.4, 0.5) is 0 Å². The lowest BCUT2D eigenvalue weighted by atomic mass is 9.47. The largest absolute Gasteiger partial charge is 0.415 e. The molecular weight excluding hydrogens is 428 g/mol. The van der Waals surface area contributed by atoms with Crippen LogP contribution >= 0.6 is 0 Å². The fraction of sp³-hybridized carbons (Fsp3) is 0.875. The molecule has 194 valence electrons. The van der Waals surface area contributed by atoms with E-state index in [1.165, 1.54) is 57.8 Å². The quantitative estimate of drug-likeness (QED) is 0.258. The molecule has 2 heteroatoms. The highest BCUT2D eigenvalue weighted by molar-refractivity contribution is 6.69. The summed E-state index contributed by atoms with van der Waals surface area (Å²) in [7, 11) is -1.45. The zero-order valence-electron chi connectivity index (χ0n) is 24.1. The van der Waals surface area contributed by atoms with Crippen molar-refractivity contribution in [1.82, 2.24) is 0 Å². The molecule has 9 atom stereocenters. The molecule has 34 heavy (non-hydrogen) atoms. The number of allylic oxidation sites excluding steroid dienone is 4. The SMILES string of the molecule is CCC(/C=C\[C@@H](C)C1CC[C@H]2C3=CC[C@H]4C[C@@H](O[Si](C)(C)C)CC[C@]4(C)[C@H]3CC[C@]12C)C(C)C. The van der Waals surface area contributed by atoms with E-state index in [0.717, 1.165) is 35.5 Å². The first-order chi connectivity index (χ1) is 15.9. The maximum Gasteiger partial charge on any atom is 0.184 e. The van der Waals surface area contributed by atoms with Gasteiger partial charge in [-0.3, -0.25) is 0 Å². The van der Waals surface area contributed by atoms with E-state index in [-0.39, 0.29) is 0 Å². The predicted octanol–water partition coefficient (Wildman–Crippen LogP) is 9.66. The second-order valence-electron chi connectivity index (χ2n) is 14.7. The summed E-state index contributed by atoms with van der Waals surface area (Å²) in [6.07, 6.45) is 20.8. The number of fused-ring (bicyclic) bond motifs is 5. The van der Waals surface area contributed by atoms with Gasteiger partial charge in [-0.15, -0.1) is 0 Å². The van der Waals surface area contributed by atoms with Crippen molar-refractivity contribution >= 4 is 8.32 Å². The van der Waals surface area contributed by atoms with Crippen molar-refractivity contribution in [3.05, 3.63) is 23.8 Å². The maximum atomic E-state index is 6.61. The lowest BCUT2D eigenvalue weighted by Gasteiger charge is -2.58. The van der Waals surface area contributed by atoms with E-state index >= 15 is 0 Å². The molecule has 0 saturated heterocycles. The van der Waals surface area contributed by atoms with E-state index in [0.29, 0.717) is 22.9 Å². The zero-order chi connectivity index (χ0) is 24.9. The average molecular weight is 485 g/mol. The first kappa shape index (κ1) is 26.7. The van der Waals surface area contributed by atoms with Crippen LogP contribution in [-0.4, -0.2) is 14.4 Å². The lowest BCUT2D eigenvalue weighted by molar-refractivity contribution is -0.0369. The van der Waals surface area contributed by atoms with Gasteiger partial charge < -0.3 is 4.43 Å². The first-order valence-electron chi connectivity index (χ1n) is 14.9. The molecule has 4 aliphatic carbocycles. The standard InChI is InChI=1S/C32H56OSi/c1-10-24(22(2)3)12-11-23(4)28-15-16-29-27-14-13-25-21-26(33-34(7,8)9)17-19-31(25,5)30(27)18-20-32(28,29)6/h11-12,14,22-26,28-30H,10,13,15-21H2,1-9H3/b12-11-/t23-,24?,25+,26+,28?,29+,30+,31+,32-/m1/s1. The summed E-state index contributed by atoms with van der Waals surface area (Å²) in [5, 5.41) is 0. The zero-order valence-corrected chi connectivity index (χ0v) is 25.1. The molecule has 0 heterocycles. The molecule has 3 fully saturated rings. The van der Waals surface area contributed by atoms with Gasteiger partial charge in [0.1, 0.15) is 0 Å². The van der Waals surface area contributed by atoms with Gasteiger partial charge in [0.05, 0.1) is 0 Å². The molecule has 4 aliphatic rings. The summed E-state index contributed by atoms with van der Waals surface area (Å²) in [4.78, 5) is 0. The Bertz CT molecular complexity index is 774. The normalized spacial score (nSPS) is 42.2. The Hall–Kier alpha value is -0.343. The van der Waals surface area contributed by atoms with Gasteiger partial charge in [-0.2, -0.15) is 0 Å². The summed E-state index contributed by atoms with van der Waals surface area (Å²) in [5.41, 5.74) is 2.93. The fourth-order valence-electron chi connectivity index (χ4n) is 9.27. The fourth-order valence-corrected chi connectivity index (χ4v) is 10.5. The molecule has 1 nitrogen and oxygen atoms in total. The van der Waals surface area contributed by atoms with E-state index in [9.17, 15) is 0 Å². The minimum atomic E-state index is -1.45. The van der Waals surface area contributed by atoms with Crippen molar-refractivity contribution in [3.8, 4) is 0 Å². The summed E-state index contributed by atoms with van der Waals surface area (Å²) >= 11 is 0. The molecule has 0 aliphatic heterocycles. The third kappa shape index (κ3) is 4.93. The second kappa shape index (κ2) is 9.84. The van der Waals surface area contributed by atoms with E-state index in [1.54, 1.807) is 0 Å². The summed E-state index contributed by atoms with van der Waals surface area (Å²) in [6, 6.07) is 0. The van der Waals surface area contributed by atoms with Crippen molar-refractivity contribution in [3.63, 3.8) is 0 Å². The van der Waals surface area contributed by atoms with Crippen LogP contribution in [0.2, 0.25) is 19.6 Å². The van der Waals surface area contributed by atoms with Crippen LogP contribution in [-0.2, 0) is 4.43 Å². The highest BCUT2D eigenvalue weighted by Gasteiger charge is 2.58. The maximum absolute atomic E-state index is 6.61. The Morgan fingerprint density at radius 3 is 2.29 bits per heavy atom. The van der Waals surface area contributed by atoms with Gasteiger partial charge in [-0.1, -0.05) is 65.3 Å². The van der Waals surface area contributed by atoms with Crippen LogP contribution in [0.1, 0.15) is 99.3 Å². The van der Waals surface area contributed by atoms with E-state index in [2.05, 4.69) is 79.4 Å². The van der Waals surface area contributed by atoms with Crippen molar-refractivity contribution in [2.75, 3.05) is 0 Å². The smallest absolute Gasteiger partial charge is 0.184 e. The van der Waals surface area contributed by atoms with Crippen molar-refractivity contribution in [2.24, 2.45) is 52.3 Å². The average Bonchev–Trinajstić information content (AvgIpc) is 3.10. The number of hydrogen-bond donors (Lipinski definition) is 0. The summed E-state index contributed by atoms with van der Waals surface area (Å²) in [5.74, 6) is 5.57. The van der Waals surface area contributed by atoms with E-state index < -0.39 is 8.32 Å². The molecule has 0 aromatic rings. The first-order valence-corrected chi connectivity index (χ1v) is 18.4. The monoisotopic (exact) mass is 484 g/mol. The predicted molar refractivity (Wildman–Crippen MR) is 150 cm³/mol. The van der Waals surface area contributed by atoms with Crippen LogP contribution in [0.25, 0.3) is 0 Å². The molecule has 0 aromatic heterocycles. The minimum absolute atomic E-state index is 0.507. The Morgan fingerprint density at radius 1 is 0.971 bits per heavy atom. The van der Waals surface area contributed by atoms with Crippen molar-refractivity contribution < 1.29 is 4.43 Å². The summed E-state index contributed by atoms with van der Waals surface area (Å²) in [6.45, 7) is 22.1. The van der Waals surface area contributed by atoms with Gasteiger partial charge in [0.2, 0.25) is 0 Å². The highest BCUT2D eigenvalue weighted by Crippen LogP contribution is 2.67.